The van der Waals surface area contributed by atoms with Gasteiger partial charge in [-0.25, -0.2) is 15.2 Å². The number of allylic oxidation sites excluding steroid dienone is 1. The molecule has 4 aromatic rings. The fourth-order valence-electron chi connectivity index (χ4n) is 6.72. The molecule has 3 amide bonds. The first-order chi connectivity index (χ1) is 27.4. The average molecular weight is 793 g/mol. The summed E-state index contributed by atoms with van der Waals surface area (Å²) in [5, 5.41) is 18.6. The van der Waals surface area contributed by atoms with Crippen LogP contribution in [0.1, 0.15) is 103 Å². The van der Waals surface area contributed by atoms with Gasteiger partial charge in [0.2, 0.25) is 5.91 Å². The number of hydrogen-bond acceptors (Lipinski definition) is 10. The van der Waals surface area contributed by atoms with E-state index in [1.165, 1.54) is 5.01 Å². The Morgan fingerprint density at radius 1 is 0.914 bits per heavy atom. The molecule has 0 saturated carbocycles. The molecule has 3 heterocycles. The number of aliphatic hydroxyl groups is 1. The van der Waals surface area contributed by atoms with E-state index in [4.69, 9.17) is 14.5 Å². The molecule has 1 fully saturated rings. The predicted molar refractivity (Wildman–Crippen MR) is 225 cm³/mol. The van der Waals surface area contributed by atoms with E-state index in [0.717, 1.165) is 32.9 Å². The van der Waals surface area contributed by atoms with Gasteiger partial charge in [-0.1, -0.05) is 75.1 Å². The summed E-state index contributed by atoms with van der Waals surface area (Å²) in [5.74, 6) is -2.10. The van der Waals surface area contributed by atoms with Gasteiger partial charge in [-0.2, -0.15) is 0 Å². The van der Waals surface area contributed by atoms with E-state index in [1.54, 1.807) is 61.5 Å². The number of nitrogens with zero attached hydrogens (tertiary/aromatic N) is 3. The molecule has 4 N–H and O–H groups in total. The fraction of sp³-hybridized carbons (Fsp3) is 0.422. The number of nitrogens with one attached hydrogen (secondary N) is 3. The molecule has 0 radical (unpaired) electrons. The minimum Gasteiger partial charge on any atom is -0.455 e. The first-order valence-electron chi connectivity index (χ1n) is 19.8. The average Bonchev–Trinajstić information content (AvgIpc) is 3.17. The first-order valence-corrected chi connectivity index (χ1v) is 19.8. The molecular formula is C45H56N6O7. The van der Waals surface area contributed by atoms with Gasteiger partial charge in [0.25, 0.3) is 5.91 Å². The standard InChI is InChI=1S/C45H56N6O7/c1-10-30-14-16-32-19-21-36(48-37(32)24-30)29(6)57-43(55)40-34(13-11-12-31-15-17-33-18-20-35(28(5)52)47-38(33)25-31)22-23-51(50-40)42(54)27(4)46-41(53)39(26(2)3)49-44(56)58-45(7,8)9/h10-12,14-21,24-29,34,39-40,50,52H,1,13,22-23H2,2-9H3,(H,46,53)(H,49,56)/b12-11+/t27?,28-,29-,34?,39?,40?/m1/s1. The van der Waals surface area contributed by atoms with Crippen LogP contribution in [-0.4, -0.2) is 74.2 Å². The number of fused-ring (bicyclic) bond motifs is 2. The van der Waals surface area contributed by atoms with Crippen molar-refractivity contribution >= 4 is 57.8 Å². The summed E-state index contributed by atoms with van der Waals surface area (Å²) in [6, 6.07) is 16.4. The smallest absolute Gasteiger partial charge is 0.408 e. The number of hydrazine groups is 1. The zero-order valence-electron chi connectivity index (χ0n) is 34.6. The third kappa shape index (κ3) is 11.3. The molecule has 13 heteroatoms. The number of aliphatic hydroxyl groups excluding tert-OH is 1. The van der Waals surface area contributed by atoms with Crippen molar-refractivity contribution in [2.45, 2.75) is 104 Å². The Bertz CT molecular complexity index is 2180. The van der Waals surface area contributed by atoms with E-state index in [-0.39, 0.29) is 18.4 Å². The van der Waals surface area contributed by atoms with Gasteiger partial charge in [0.15, 0.2) is 0 Å². The number of carbonyl (C=O) groups is 4. The molecule has 1 aliphatic rings. The van der Waals surface area contributed by atoms with Crippen molar-refractivity contribution in [3.8, 4) is 0 Å². The van der Waals surface area contributed by atoms with Crippen LogP contribution in [-0.2, 0) is 23.9 Å². The van der Waals surface area contributed by atoms with Crippen molar-refractivity contribution in [2.24, 2.45) is 11.8 Å². The second kappa shape index (κ2) is 18.7. The van der Waals surface area contributed by atoms with Crippen molar-refractivity contribution < 1.29 is 33.8 Å². The summed E-state index contributed by atoms with van der Waals surface area (Å²) in [7, 11) is 0. The quantitative estimate of drug-likeness (QED) is 0.104. The van der Waals surface area contributed by atoms with E-state index < -0.39 is 59.8 Å². The Morgan fingerprint density at radius 3 is 2.14 bits per heavy atom. The SMILES string of the molecule is C=Cc1ccc2ccc([C@@H](C)OC(=O)C3NN(C(=O)C(C)NC(=O)C(NC(=O)OC(C)(C)C)C(C)C)CCC3C/C=C/c3ccc4ccc([C@@H](C)O)nc4c3)nc2c1. The third-order valence-corrected chi connectivity index (χ3v) is 9.96. The van der Waals surface area contributed by atoms with Crippen LogP contribution in [0.2, 0.25) is 0 Å². The molecular weight excluding hydrogens is 737 g/mol. The monoisotopic (exact) mass is 792 g/mol. The number of alkyl carbamates (subject to hydrolysis) is 1. The summed E-state index contributed by atoms with van der Waals surface area (Å²) in [6.45, 7) is 17.8. The molecule has 2 aromatic heterocycles. The number of amides is 3. The van der Waals surface area contributed by atoms with Gasteiger partial charge in [-0.3, -0.25) is 24.4 Å². The van der Waals surface area contributed by atoms with Crippen LogP contribution in [0.4, 0.5) is 4.79 Å². The summed E-state index contributed by atoms with van der Waals surface area (Å²) >= 11 is 0. The molecule has 308 valence electrons. The highest BCUT2D eigenvalue weighted by molar-refractivity contribution is 5.91. The van der Waals surface area contributed by atoms with Crippen LogP contribution < -0.4 is 16.1 Å². The lowest BCUT2D eigenvalue weighted by Gasteiger charge is -2.39. The molecule has 0 bridgehead atoms. The molecule has 0 spiro atoms. The molecule has 5 rings (SSSR count). The molecule has 0 aliphatic carbocycles. The maximum Gasteiger partial charge on any atom is 0.408 e. The van der Waals surface area contributed by atoms with Crippen LogP contribution in [0.15, 0.2) is 73.3 Å². The van der Waals surface area contributed by atoms with Crippen LogP contribution in [0.25, 0.3) is 34.0 Å². The van der Waals surface area contributed by atoms with Gasteiger partial charge in [0, 0.05) is 17.3 Å². The Kier molecular flexibility index (Phi) is 14.0. The van der Waals surface area contributed by atoms with Crippen molar-refractivity contribution in [2.75, 3.05) is 6.54 Å². The Labute approximate surface area is 340 Å². The minimum absolute atomic E-state index is 0.256. The first kappa shape index (κ1) is 43.5. The number of carbonyl (C=O) groups excluding carboxylic acids is 4. The largest absolute Gasteiger partial charge is 0.455 e. The number of ether oxygens (including phenoxy) is 2. The van der Waals surface area contributed by atoms with Crippen molar-refractivity contribution in [3.63, 3.8) is 0 Å². The lowest BCUT2D eigenvalue weighted by atomic mass is 9.90. The van der Waals surface area contributed by atoms with Crippen molar-refractivity contribution in [1.82, 2.24) is 31.0 Å². The molecule has 6 atom stereocenters. The minimum atomic E-state index is -0.994. The molecule has 13 nitrogen and oxygen atoms in total. The maximum absolute atomic E-state index is 14.1. The molecule has 58 heavy (non-hydrogen) atoms. The molecule has 4 unspecified atom stereocenters. The molecule has 1 aliphatic heterocycles. The van der Waals surface area contributed by atoms with Crippen LogP contribution in [0.3, 0.4) is 0 Å². The van der Waals surface area contributed by atoms with E-state index >= 15 is 0 Å². The molecule has 2 aromatic carbocycles. The van der Waals surface area contributed by atoms with E-state index in [1.807, 2.05) is 72.8 Å². The molecule has 1 saturated heterocycles. The number of aromatic nitrogens is 2. The van der Waals surface area contributed by atoms with Crippen LogP contribution in [0, 0.1) is 11.8 Å². The lowest BCUT2D eigenvalue weighted by molar-refractivity contribution is -0.159. The highest BCUT2D eigenvalue weighted by atomic mass is 16.6. The van der Waals surface area contributed by atoms with E-state index in [0.29, 0.717) is 24.2 Å². The van der Waals surface area contributed by atoms with Gasteiger partial charge in [-0.15, -0.1) is 0 Å². The van der Waals surface area contributed by atoms with E-state index in [2.05, 4.69) is 27.6 Å². The summed E-state index contributed by atoms with van der Waals surface area (Å²) in [6.07, 6.45) is 4.51. The van der Waals surface area contributed by atoms with Gasteiger partial charge < -0.3 is 25.2 Å². The second-order valence-corrected chi connectivity index (χ2v) is 16.2. The normalized spacial score (nSPS) is 18.1. The number of benzene rings is 2. The topological polar surface area (TPSA) is 172 Å². The zero-order valence-corrected chi connectivity index (χ0v) is 34.6. The number of pyridine rings is 2. The van der Waals surface area contributed by atoms with Crippen molar-refractivity contribution in [3.05, 3.63) is 95.8 Å². The number of esters is 1. The highest BCUT2D eigenvalue weighted by Crippen LogP contribution is 2.27. The lowest BCUT2D eigenvalue weighted by Crippen LogP contribution is -2.63. The van der Waals surface area contributed by atoms with E-state index in [9.17, 15) is 24.3 Å². The van der Waals surface area contributed by atoms with Crippen LogP contribution in [0.5, 0.6) is 0 Å². The summed E-state index contributed by atoms with van der Waals surface area (Å²) < 4.78 is 11.4. The van der Waals surface area contributed by atoms with Gasteiger partial charge >= 0.3 is 12.1 Å². The Morgan fingerprint density at radius 2 is 1.52 bits per heavy atom. The van der Waals surface area contributed by atoms with Gasteiger partial charge in [0.1, 0.15) is 29.8 Å². The van der Waals surface area contributed by atoms with Crippen molar-refractivity contribution in [1.29, 1.82) is 0 Å². The Balaban J connectivity index is 1.32. The second-order valence-electron chi connectivity index (χ2n) is 16.2. The number of hydrogen-bond donors (Lipinski definition) is 4. The zero-order chi connectivity index (χ0) is 42.3. The maximum atomic E-state index is 14.1. The summed E-state index contributed by atoms with van der Waals surface area (Å²) in [5.41, 5.74) is 6.86. The predicted octanol–water partition coefficient (Wildman–Crippen LogP) is 6.96. The highest BCUT2D eigenvalue weighted by Gasteiger charge is 2.39. The third-order valence-electron chi connectivity index (χ3n) is 9.96. The van der Waals surface area contributed by atoms with Gasteiger partial charge in [0.05, 0.1) is 28.5 Å². The number of rotatable bonds is 13. The summed E-state index contributed by atoms with van der Waals surface area (Å²) in [4.78, 5) is 63.1. The Hall–Kier alpha value is -5.66. The van der Waals surface area contributed by atoms with Crippen LogP contribution >= 0.6 is 0 Å². The van der Waals surface area contributed by atoms with Gasteiger partial charge in [-0.05, 0) is 102 Å². The fourth-order valence-corrected chi connectivity index (χ4v) is 6.72.